The van der Waals surface area contributed by atoms with E-state index >= 15 is 0 Å². The number of aliphatic hydroxyl groups excluding tert-OH is 1. The molecule has 1 aromatic carbocycles. The number of rotatable bonds is 5. The van der Waals surface area contributed by atoms with Gasteiger partial charge in [0, 0.05) is 29.6 Å². The normalized spacial score (nSPS) is 13.8. The Morgan fingerprint density at radius 2 is 1.88 bits per heavy atom. The van der Waals surface area contributed by atoms with E-state index in [4.69, 9.17) is 16.7 Å². The van der Waals surface area contributed by atoms with Gasteiger partial charge in [0.15, 0.2) is 0 Å². The summed E-state index contributed by atoms with van der Waals surface area (Å²) in [4.78, 5) is 0. The molecule has 1 aromatic rings. The van der Waals surface area contributed by atoms with E-state index < -0.39 is 0 Å². The van der Waals surface area contributed by atoms with Crippen LogP contribution in [0, 0.1) is 5.41 Å². The topological polar surface area (TPSA) is 32.3 Å². The molecule has 0 aliphatic carbocycles. The lowest BCUT2D eigenvalue weighted by molar-refractivity contribution is 0.154. The maximum atomic E-state index is 9.16. The van der Waals surface area contributed by atoms with Crippen molar-refractivity contribution in [2.24, 2.45) is 5.41 Å². The van der Waals surface area contributed by atoms with E-state index in [9.17, 15) is 0 Å². The first-order valence-corrected chi connectivity index (χ1v) is 5.92. The van der Waals surface area contributed by atoms with Crippen molar-refractivity contribution in [1.29, 1.82) is 0 Å². The Kier molecular flexibility index (Phi) is 4.78. The molecule has 0 radical (unpaired) electrons. The van der Waals surface area contributed by atoms with Crippen LogP contribution in [0.2, 0.25) is 5.02 Å². The van der Waals surface area contributed by atoms with Crippen molar-refractivity contribution in [2.75, 3.05) is 13.2 Å². The Bertz CT molecular complexity index is 321. The molecule has 0 aliphatic rings. The van der Waals surface area contributed by atoms with Gasteiger partial charge in [0.25, 0.3) is 0 Å². The molecule has 90 valence electrons. The van der Waals surface area contributed by atoms with Crippen LogP contribution in [0.5, 0.6) is 0 Å². The van der Waals surface area contributed by atoms with Gasteiger partial charge in [0.1, 0.15) is 0 Å². The maximum Gasteiger partial charge on any atom is 0.0494 e. The zero-order chi connectivity index (χ0) is 12.2. The first-order chi connectivity index (χ1) is 7.44. The fourth-order valence-corrected chi connectivity index (χ4v) is 1.48. The van der Waals surface area contributed by atoms with Gasteiger partial charge in [-0.1, -0.05) is 37.6 Å². The Morgan fingerprint density at radius 1 is 1.31 bits per heavy atom. The second-order valence-corrected chi connectivity index (χ2v) is 5.41. The number of benzene rings is 1. The van der Waals surface area contributed by atoms with E-state index in [1.165, 1.54) is 5.56 Å². The molecule has 0 unspecified atom stereocenters. The van der Waals surface area contributed by atoms with Crippen LogP contribution in [0.3, 0.4) is 0 Å². The molecule has 0 spiro atoms. The molecular weight excluding hydrogens is 222 g/mol. The molecule has 0 saturated carbocycles. The minimum absolute atomic E-state index is 0.0827. The van der Waals surface area contributed by atoms with Crippen molar-refractivity contribution in [1.82, 2.24) is 5.32 Å². The van der Waals surface area contributed by atoms with Crippen LogP contribution in [0.1, 0.15) is 32.4 Å². The number of hydrogen-bond acceptors (Lipinski definition) is 2. The molecule has 2 N–H and O–H groups in total. The third-order valence-corrected chi connectivity index (χ3v) is 2.94. The molecule has 0 fully saturated rings. The van der Waals surface area contributed by atoms with Gasteiger partial charge in [0.05, 0.1) is 0 Å². The predicted octanol–water partition coefficient (Wildman–Crippen LogP) is 3.01. The van der Waals surface area contributed by atoms with E-state index in [2.05, 4.69) is 12.2 Å². The molecule has 1 atom stereocenters. The first-order valence-electron chi connectivity index (χ1n) is 5.54. The lowest BCUT2D eigenvalue weighted by Gasteiger charge is -2.25. The van der Waals surface area contributed by atoms with Crippen LogP contribution in [0.15, 0.2) is 24.3 Å². The van der Waals surface area contributed by atoms with Gasteiger partial charge < -0.3 is 10.4 Å². The van der Waals surface area contributed by atoms with Crippen LogP contribution in [0.25, 0.3) is 0 Å². The molecule has 2 nitrogen and oxygen atoms in total. The van der Waals surface area contributed by atoms with Crippen molar-refractivity contribution in [3.63, 3.8) is 0 Å². The fourth-order valence-electron chi connectivity index (χ4n) is 1.35. The average Bonchev–Trinajstić information content (AvgIpc) is 2.27. The van der Waals surface area contributed by atoms with Crippen LogP contribution in [-0.4, -0.2) is 18.3 Å². The quantitative estimate of drug-likeness (QED) is 0.831. The molecule has 0 aromatic heterocycles. The van der Waals surface area contributed by atoms with E-state index in [1.807, 2.05) is 38.1 Å². The lowest BCUT2D eigenvalue weighted by Crippen LogP contribution is -2.33. The number of halogens is 1. The van der Waals surface area contributed by atoms with Gasteiger partial charge in [-0.05, 0) is 24.6 Å². The summed E-state index contributed by atoms with van der Waals surface area (Å²) in [6.45, 7) is 7.15. The van der Waals surface area contributed by atoms with Crippen LogP contribution in [-0.2, 0) is 0 Å². The largest absolute Gasteiger partial charge is 0.396 e. The summed E-state index contributed by atoms with van der Waals surface area (Å²) in [5, 5.41) is 13.3. The minimum Gasteiger partial charge on any atom is -0.396 e. The highest BCUT2D eigenvalue weighted by Gasteiger charge is 2.17. The predicted molar refractivity (Wildman–Crippen MR) is 68.7 cm³/mol. The van der Waals surface area contributed by atoms with Crippen LogP contribution < -0.4 is 5.32 Å². The van der Waals surface area contributed by atoms with Crippen molar-refractivity contribution in [3.8, 4) is 0 Å². The minimum atomic E-state index is -0.0827. The monoisotopic (exact) mass is 241 g/mol. The zero-order valence-corrected chi connectivity index (χ0v) is 10.9. The first kappa shape index (κ1) is 13.5. The van der Waals surface area contributed by atoms with Gasteiger partial charge in [-0.25, -0.2) is 0 Å². The third-order valence-electron chi connectivity index (χ3n) is 2.68. The molecule has 16 heavy (non-hydrogen) atoms. The van der Waals surface area contributed by atoms with Gasteiger partial charge in [0.2, 0.25) is 0 Å². The van der Waals surface area contributed by atoms with Crippen molar-refractivity contribution in [3.05, 3.63) is 34.9 Å². The zero-order valence-electron chi connectivity index (χ0n) is 10.1. The molecule has 3 heteroatoms. The third kappa shape index (κ3) is 4.12. The molecular formula is C13H20ClNO. The highest BCUT2D eigenvalue weighted by atomic mass is 35.5. The molecule has 0 bridgehead atoms. The lowest BCUT2D eigenvalue weighted by atomic mass is 9.94. The Labute approximate surface area is 103 Å². The molecule has 0 saturated heterocycles. The maximum absolute atomic E-state index is 9.16. The summed E-state index contributed by atoms with van der Waals surface area (Å²) in [6.07, 6.45) is 0. The summed E-state index contributed by atoms with van der Waals surface area (Å²) in [5.74, 6) is 0. The highest BCUT2D eigenvalue weighted by molar-refractivity contribution is 6.30. The summed E-state index contributed by atoms with van der Waals surface area (Å²) >= 11 is 5.83. The molecule has 0 aliphatic heterocycles. The fraction of sp³-hybridized carbons (Fsp3) is 0.538. The Morgan fingerprint density at radius 3 is 2.38 bits per heavy atom. The van der Waals surface area contributed by atoms with E-state index in [-0.39, 0.29) is 18.1 Å². The molecule has 0 amide bonds. The van der Waals surface area contributed by atoms with Crippen LogP contribution in [0.4, 0.5) is 0 Å². The summed E-state index contributed by atoms with van der Waals surface area (Å²) in [6, 6.07) is 8.10. The second-order valence-electron chi connectivity index (χ2n) is 4.98. The smallest absolute Gasteiger partial charge is 0.0494 e. The van der Waals surface area contributed by atoms with Gasteiger partial charge in [-0.2, -0.15) is 0 Å². The summed E-state index contributed by atoms with van der Waals surface area (Å²) in [5.41, 5.74) is 1.12. The molecule has 1 rings (SSSR count). The van der Waals surface area contributed by atoms with Gasteiger partial charge in [-0.15, -0.1) is 0 Å². The van der Waals surface area contributed by atoms with Crippen LogP contribution >= 0.6 is 11.6 Å². The Balaban J connectivity index is 2.53. The van der Waals surface area contributed by atoms with E-state index in [0.29, 0.717) is 0 Å². The number of hydrogen-bond donors (Lipinski definition) is 2. The number of aliphatic hydroxyl groups is 1. The van der Waals surface area contributed by atoms with Crippen molar-refractivity contribution < 1.29 is 5.11 Å². The second kappa shape index (κ2) is 5.67. The number of nitrogens with one attached hydrogen (secondary N) is 1. The SMILES string of the molecule is C[C@H](NCC(C)(C)CO)c1ccc(Cl)cc1. The average molecular weight is 242 g/mol. The van der Waals surface area contributed by atoms with Gasteiger partial charge in [-0.3, -0.25) is 0 Å². The van der Waals surface area contributed by atoms with Gasteiger partial charge >= 0.3 is 0 Å². The van der Waals surface area contributed by atoms with E-state index in [0.717, 1.165) is 11.6 Å². The van der Waals surface area contributed by atoms with E-state index in [1.54, 1.807) is 0 Å². The highest BCUT2D eigenvalue weighted by Crippen LogP contribution is 2.18. The molecule has 0 heterocycles. The summed E-state index contributed by atoms with van der Waals surface area (Å²) in [7, 11) is 0. The van der Waals surface area contributed by atoms with Crippen molar-refractivity contribution >= 4 is 11.6 Å². The Hall–Kier alpha value is -0.570. The standard InChI is InChI=1S/C13H20ClNO/c1-10(15-8-13(2,3)9-16)11-4-6-12(14)7-5-11/h4-7,10,15-16H,8-9H2,1-3H3/t10-/m0/s1. The summed E-state index contributed by atoms with van der Waals surface area (Å²) < 4.78 is 0. The van der Waals surface area contributed by atoms with Crippen molar-refractivity contribution in [2.45, 2.75) is 26.8 Å².